The van der Waals surface area contributed by atoms with Crippen molar-refractivity contribution in [3.05, 3.63) is 59.4 Å². The highest BCUT2D eigenvalue weighted by atomic mass is 32.2. The molecule has 1 aliphatic rings. The minimum absolute atomic E-state index is 0.0554. The number of rotatable bonds is 7. The van der Waals surface area contributed by atoms with Gasteiger partial charge in [-0.1, -0.05) is 48.2 Å². The van der Waals surface area contributed by atoms with Gasteiger partial charge in [-0.25, -0.2) is 9.78 Å². The molecule has 1 aliphatic heterocycles. The largest absolute Gasteiger partial charge is 0.448 e. The van der Waals surface area contributed by atoms with Gasteiger partial charge >= 0.3 is 6.09 Å². The minimum atomic E-state index is -0.280. The van der Waals surface area contributed by atoms with Gasteiger partial charge < -0.3 is 9.64 Å². The topological polar surface area (TPSA) is 64.4 Å². The van der Waals surface area contributed by atoms with Gasteiger partial charge in [0.25, 0.3) is 5.56 Å². The lowest BCUT2D eigenvalue weighted by Gasteiger charge is -2.13. The first-order valence-corrected chi connectivity index (χ1v) is 10.7. The Kier molecular flexibility index (Phi) is 5.50. The molecule has 1 amide bonds. The van der Waals surface area contributed by atoms with Gasteiger partial charge in [0.1, 0.15) is 11.3 Å². The monoisotopic (exact) mass is 413 g/mol. The minimum Gasteiger partial charge on any atom is -0.448 e. The lowest BCUT2D eigenvalue weighted by Crippen LogP contribution is -2.27. The second-order valence-corrected chi connectivity index (χ2v) is 8.35. The van der Waals surface area contributed by atoms with E-state index in [1.165, 1.54) is 23.1 Å². The van der Waals surface area contributed by atoms with Gasteiger partial charge in [-0.3, -0.25) is 9.36 Å². The van der Waals surface area contributed by atoms with Crippen LogP contribution in [0.4, 0.5) is 4.79 Å². The summed E-state index contributed by atoms with van der Waals surface area (Å²) in [6, 6.07) is 11.9. The fraction of sp³-hybridized carbons (Fsp3) is 0.250. The zero-order valence-corrected chi connectivity index (χ0v) is 16.8. The Balaban J connectivity index is 1.64. The summed E-state index contributed by atoms with van der Waals surface area (Å²) in [5, 5.41) is 0.641. The number of fused-ring (bicyclic) bond motifs is 1. The van der Waals surface area contributed by atoms with Crippen LogP contribution in [-0.4, -0.2) is 46.0 Å². The first-order valence-electron chi connectivity index (χ1n) is 8.92. The number of thioether (sulfide) groups is 1. The summed E-state index contributed by atoms with van der Waals surface area (Å²) in [6.07, 6.45) is 1.42. The molecule has 8 heteroatoms. The fourth-order valence-corrected chi connectivity index (χ4v) is 5.03. The number of thiophene rings is 1. The highest BCUT2D eigenvalue weighted by Crippen LogP contribution is 2.32. The third-order valence-electron chi connectivity index (χ3n) is 4.41. The molecule has 0 N–H and O–H groups in total. The van der Waals surface area contributed by atoms with Crippen LogP contribution in [0, 0.1) is 0 Å². The maximum Gasteiger partial charge on any atom is 0.409 e. The molecular weight excluding hydrogens is 394 g/mol. The van der Waals surface area contributed by atoms with E-state index in [0.717, 1.165) is 10.4 Å². The van der Waals surface area contributed by atoms with Crippen molar-refractivity contribution < 1.29 is 9.53 Å². The number of amides is 1. The number of ether oxygens (including phenoxy) is 1. The fourth-order valence-electron chi connectivity index (χ4n) is 3.01. The van der Waals surface area contributed by atoms with E-state index < -0.39 is 0 Å². The van der Waals surface area contributed by atoms with Gasteiger partial charge in [-0.05, 0) is 11.6 Å². The van der Waals surface area contributed by atoms with E-state index in [9.17, 15) is 9.59 Å². The normalized spacial score (nSPS) is 13.9. The van der Waals surface area contributed by atoms with Crippen molar-refractivity contribution in [2.75, 3.05) is 25.4 Å². The molecule has 0 saturated carbocycles. The molecule has 2 aromatic heterocycles. The second kappa shape index (κ2) is 8.20. The summed E-state index contributed by atoms with van der Waals surface area (Å²) >= 11 is 2.93. The Bertz CT molecular complexity index is 1080. The molecule has 3 heterocycles. The Hall–Kier alpha value is -2.58. The van der Waals surface area contributed by atoms with E-state index in [1.54, 1.807) is 15.5 Å². The van der Waals surface area contributed by atoms with E-state index in [2.05, 4.69) is 6.58 Å². The highest BCUT2D eigenvalue weighted by Gasteiger charge is 2.22. The van der Waals surface area contributed by atoms with Crippen molar-refractivity contribution >= 4 is 39.4 Å². The number of benzene rings is 1. The van der Waals surface area contributed by atoms with Crippen LogP contribution < -0.4 is 5.56 Å². The summed E-state index contributed by atoms with van der Waals surface area (Å²) in [5.74, 6) is 0.639. The number of carbonyl (C=O) groups is 1. The summed E-state index contributed by atoms with van der Waals surface area (Å²) in [6.45, 7) is 5.76. The van der Waals surface area contributed by atoms with Crippen LogP contribution in [0.5, 0.6) is 0 Å². The van der Waals surface area contributed by atoms with Crippen LogP contribution >= 0.6 is 23.1 Å². The van der Waals surface area contributed by atoms with Crippen LogP contribution in [0.1, 0.15) is 0 Å². The lowest BCUT2D eigenvalue weighted by molar-refractivity contribution is 0.160. The molecule has 0 spiro atoms. The van der Waals surface area contributed by atoms with Crippen molar-refractivity contribution in [2.45, 2.75) is 11.7 Å². The van der Waals surface area contributed by atoms with Crippen molar-refractivity contribution in [3.63, 3.8) is 0 Å². The second-order valence-electron chi connectivity index (χ2n) is 6.24. The van der Waals surface area contributed by atoms with Gasteiger partial charge in [0.2, 0.25) is 0 Å². The average molecular weight is 414 g/mol. The van der Waals surface area contributed by atoms with Crippen LogP contribution in [0.15, 0.2) is 59.0 Å². The Labute approximate surface area is 170 Å². The number of hydrogen-bond acceptors (Lipinski definition) is 6. The zero-order valence-electron chi connectivity index (χ0n) is 15.2. The van der Waals surface area contributed by atoms with Gasteiger partial charge in [0, 0.05) is 23.7 Å². The molecule has 0 aliphatic carbocycles. The summed E-state index contributed by atoms with van der Waals surface area (Å²) in [7, 11) is 0. The molecule has 1 fully saturated rings. The SMILES string of the molecule is C=CCn1c(SCCN2CCOC2=O)nc2cc(-c3ccccc3)sc2c1=O. The number of nitrogens with zero attached hydrogens (tertiary/aromatic N) is 3. The summed E-state index contributed by atoms with van der Waals surface area (Å²) < 4.78 is 7.24. The Morgan fingerprint density at radius 3 is 2.82 bits per heavy atom. The van der Waals surface area contributed by atoms with E-state index in [0.29, 0.717) is 47.4 Å². The molecular formula is C20H19N3O3S2. The lowest BCUT2D eigenvalue weighted by atomic mass is 10.2. The Morgan fingerprint density at radius 1 is 1.29 bits per heavy atom. The third-order valence-corrected chi connectivity index (χ3v) is 6.52. The van der Waals surface area contributed by atoms with Crippen molar-refractivity contribution in [1.29, 1.82) is 0 Å². The van der Waals surface area contributed by atoms with E-state index in [-0.39, 0.29) is 11.7 Å². The smallest absolute Gasteiger partial charge is 0.409 e. The summed E-state index contributed by atoms with van der Waals surface area (Å²) in [5.41, 5.74) is 1.72. The highest BCUT2D eigenvalue weighted by molar-refractivity contribution is 7.99. The van der Waals surface area contributed by atoms with Crippen molar-refractivity contribution in [3.8, 4) is 10.4 Å². The quantitative estimate of drug-likeness (QED) is 0.334. The molecule has 144 valence electrons. The molecule has 28 heavy (non-hydrogen) atoms. The number of carbonyl (C=O) groups excluding carboxylic acids is 1. The van der Waals surface area contributed by atoms with Gasteiger partial charge in [-0.15, -0.1) is 17.9 Å². The van der Waals surface area contributed by atoms with Crippen LogP contribution in [-0.2, 0) is 11.3 Å². The maximum absolute atomic E-state index is 13.0. The van der Waals surface area contributed by atoms with E-state index in [4.69, 9.17) is 9.72 Å². The van der Waals surface area contributed by atoms with Gasteiger partial charge in [0.05, 0.1) is 12.1 Å². The zero-order chi connectivity index (χ0) is 19.5. The number of aromatic nitrogens is 2. The number of allylic oxidation sites excluding steroid dienone is 1. The molecule has 1 saturated heterocycles. The number of cyclic esters (lactones) is 1. The predicted molar refractivity (Wildman–Crippen MR) is 113 cm³/mol. The molecule has 0 atom stereocenters. The van der Waals surface area contributed by atoms with Gasteiger partial charge in [0.15, 0.2) is 5.16 Å². The molecule has 3 aromatic rings. The predicted octanol–water partition coefficient (Wildman–Crippen LogP) is 3.86. The summed E-state index contributed by atoms with van der Waals surface area (Å²) in [4.78, 5) is 32.0. The van der Waals surface area contributed by atoms with Crippen LogP contribution in [0.2, 0.25) is 0 Å². The molecule has 0 bridgehead atoms. The molecule has 1 aromatic carbocycles. The van der Waals surface area contributed by atoms with Crippen molar-refractivity contribution in [1.82, 2.24) is 14.5 Å². The third kappa shape index (κ3) is 3.70. The molecule has 0 radical (unpaired) electrons. The standard InChI is InChI=1S/C20H19N3O3S2/c1-2-8-23-18(24)17-15(13-16(28-17)14-6-4-3-5-7-14)21-19(23)27-12-10-22-9-11-26-20(22)25/h2-7,13H,1,8-12H2. The maximum atomic E-state index is 13.0. The van der Waals surface area contributed by atoms with Crippen LogP contribution in [0.3, 0.4) is 0 Å². The first-order chi connectivity index (χ1) is 13.7. The number of hydrogen-bond donors (Lipinski definition) is 0. The average Bonchev–Trinajstić information content (AvgIpc) is 3.32. The Morgan fingerprint density at radius 2 is 2.11 bits per heavy atom. The van der Waals surface area contributed by atoms with Crippen molar-refractivity contribution in [2.24, 2.45) is 0 Å². The van der Waals surface area contributed by atoms with E-state index in [1.807, 2.05) is 36.4 Å². The molecule has 4 rings (SSSR count). The van der Waals surface area contributed by atoms with E-state index >= 15 is 0 Å². The molecule has 6 nitrogen and oxygen atoms in total. The molecule has 0 unspecified atom stereocenters. The van der Waals surface area contributed by atoms with Crippen LogP contribution in [0.25, 0.3) is 20.7 Å². The first kappa shape index (κ1) is 18.8. The van der Waals surface area contributed by atoms with Gasteiger partial charge in [-0.2, -0.15) is 0 Å².